The molecule has 0 unspecified atom stereocenters. The van der Waals surface area contributed by atoms with Crippen LogP contribution >= 0.6 is 11.8 Å². The van der Waals surface area contributed by atoms with Crippen LogP contribution in [0.15, 0.2) is 36.4 Å². The molecule has 0 saturated heterocycles. The van der Waals surface area contributed by atoms with Crippen molar-refractivity contribution in [1.29, 1.82) is 0 Å². The standard InChI is InChI=1S/C28H38N4S/c1-19-7-9-25-21(15-19)23(27(29-25)11-13-31(3)4)17-33-18-24-22-16-20(2)8-10-26(22)30-28(24)12-14-32(5)6/h7-10,15-16,29-30H,11-14,17-18H2,1-6H3. The number of thioether (sulfide) groups is 1. The van der Waals surface area contributed by atoms with Gasteiger partial charge in [0.2, 0.25) is 0 Å². The summed E-state index contributed by atoms with van der Waals surface area (Å²) in [6.45, 7) is 6.49. The van der Waals surface area contributed by atoms with Crippen molar-refractivity contribution >= 4 is 33.6 Å². The number of benzene rings is 2. The van der Waals surface area contributed by atoms with E-state index >= 15 is 0 Å². The lowest BCUT2D eigenvalue weighted by molar-refractivity contribution is 0.412. The Morgan fingerprint density at radius 2 is 1.09 bits per heavy atom. The number of likely N-dealkylation sites (N-methyl/N-ethyl adjacent to an activating group) is 2. The molecule has 2 heterocycles. The van der Waals surface area contributed by atoms with Crippen molar-refractivity contribution in [2.75, 3.05) is 41.3 Å². The number of nitrogens with zero attached hydrogens (tertiary/aromatic N) is 2. The molecule has 2 aromatic carbocycles. The molecule has 33 heavy (non-hydrogen) atoms. The quantitative estimate of drug-likeness (QED) is 0.308. The van der Waals surface area contributed by atoms with Crippen molar-refractivity contribution < 1.29 is 0 Å². The molecular weight excluding hydrogens is 424 g/mol. The lowest BCUT2D eigenvalue weighted by Gasteiger charge is -2.12. The molecule has 4 rings (SSSR count). The van der Waals surface area contributed by atoms with Crippen LogP contribution < -0.4 is 0 Å². The Balaban J connectivity index is 1.60. The normalized spacial score (nSPS) is 12.1. The third-order valence-electron chi connectivity index (χ3n) is 6.41. The van der Waals surface area contributed by atoms with E-state index in [4.69, 9.17) is 0 Å². The van der Waals surface area contributed by atoms with Gasteiger partial charge < -0.3 is 19.8 Å². The summed E-state index contributed by atoms with van der Waals surface area (Å²) < 4.78 is 0. The zero-order valence-electron chi connectivity index (χ0n) is 21.0. The molecule has 4 nitrogen and oxygen atoms in total. The second-order valence-corrected chi connectivity index (χ2v) is 10.8. The van der Waals surface area contributed by atoms with Gasteiger partial charge in [-0.2, -0.15) is 11.8 Å². The minimum Gasteiger partial charge on any atom is -0.358 e. The highest BCUT2D eigenvalue weighted by Crippen LogP contribution is 2.32. The van der Waals surface area contributed by atoms with Gasteiger partial charge in [0, 0.05) is 70.6 Å². The van der Waals surface area contributed by atoms with Gasteiger partial charge in [0.1, 0.15) is 0 Å². The Hall–Kier alpha value is -2.21. The van der Waals surface area contributed by atoms with Gasteiger partial charge in [-0.15, -0.1) is 0 Å². The molecule has 2 N–H and O–H groups in total. The van der Waals surface area contributed by atoms with Crippen molar-refractivity contribution in [3.8, 4) is 0 Å². The molecule has 0 aliphatic heterocycles. The van der Waals surface area contributed by atoms with Crippen LogP contribution in [-0.2, 0) is 24.3 Å². The fraction of sp³-hybridized carbons (Fsp3) is 0.429. The molecule has 0 saturated carbocycles. The average molecular weight is 463 g/mol. The highest BCUT2D eigenvalue weighted by Gasteiger charge is 2.15. The summed E-state index contributed by atoms with van der Waals surface area (Å²) in [5, 5.41) is 2.78. The SMILES string of the molecule is Cc1ccc2[nH]c(CCN(C)C)c(CSCc3c(CCN(C)C)[nH]c4ccc(C)cc34)c2c1. The number of hydrogen-bond donors (Lipinski definition) is 2. The number of rotatable bonds is 10. The first kappa shape index (κ1) is 23.9. The highest BCUT2D eigenvalue weighted by molar-refractivity contribution is 7.97. The first-order valence-electron chi connectivity index (χ1n) is 11.9. The van der Waals surface area contributed by atoms with E-state index in [0.29, 0.717) is 0 Å². The maximum absolute atomic E-state index is 3.72. The van der Waals surface area contributed by atoms with Crippen LogP contribution in [0.3, 0.4) is 0 Å². The molecule has 0 spiro atoms. The fourth-order valence-electron chi connectivity index (χ4n) is 4.52. The average Bonchev–Trinajstić information content (AvgIpc) is 3.28. The third-order valence-corrected chi connectivity index (χ3v) is 7.40. The van der Waals surface area contributed by atoms with Crippen molar-refractivity contribution in [1.82, 2.24) is 19.8 Å². The van der Waals surface area contributed by atoms with Crippen LogP contribution in [0.4, 0.5) is 0 Å². The van der Waals surface area contributed by atoms with Gasteiger partial charge in [-0.3, -0.25) is 0 Å². The van der Waals surface area contributed by atoms with Crippen LogP contribution in [0.5, 0.6) is 0 Å². The van der Waals surface area contributed by atoms with Crippen molar-refractivity contribution in [3.63, 3.8) is 0 Å². The van der Waals surface area contributed by atoms with Gasteiger partial charge in [0.15, 0.2) is 0 Å². The number of fused-ring (bicyclic) bond motifs is 2. The highest BCUT2D eigenvalue weighted by atomic mass is 32.2. The van der Waals surface area contributed by atoms with E-state index in [1.54, 1.807) is 0 Å². The van der Waals surface area contributed by atoms with E-state index in [2.05, 4.69) is 98.2 Å². The van der Waals surface area contributed by atoms with Gasteiger partial charge in [0.25, 0.3) is 0 Å². The van der Waals surface area contributed by atoms with E-state index in [1.807, 2.05) is 11.8 Å². The number of aryl methyl sites for hydroxylation is 2. The van der Waals surface area contributed by atoms with Gasteiger partial charge in [0.05, 0.1) is 0 Å². The summed E-state index contributed by atoms with van der Waals surface area (Å²) in [6, 6.07) is 13.6. The Morgan fingerprint density at radius 1 is 0.667 bits per heavy atom. The second-order valence-electron chi connectivity index (χ2n) is 9.86. The minimum absolute atomic E-state index is 1.03. The van der Waals surface area contributed by atoms with Gasteiger partial charge >= 0.3 is 0 Å². The molecular formula is C28H38N4S. The van der Waals surface area contributed by atoms with Crippen LogP contribution in [0, 0.1) is 13.8 Å². The lowest BCUT2D eigenvalue weighted by atomic mass is 10.1. The number of hydrogen-bond acceptors (Lipinski definition) is 3. The molecule has 176 valence electrons. The van der Waals surface area contributed by atoms with Gasteiger partial charge in [-0.05, 0) is 77.4 Å². The fourth-order valence-corrected chi connectivity index (χ4v) is 5.69. The Bertz CT molecular complexity index is 1140. The second kappa shape index (κ2) is 10.4. The maximum atomic E-state index is 3.72. The maximum Gasteiger partial charge on any atom is 0.0459 e. The summed E-state index contributed by atoms with van der Waals surface area (Å²) in [7, 11) is 8.59. The summed E-state index contributed by atoms with van der Waals surface area (Å²) in [6.07, 6.45) is 2.11. The van der Waals surface area contributed by atoms with Crippen LogP contribution in [0.1, 0.15) is 33.6 Å². The molecule has 0 bridgehead atoms. The Labute approximate surface area is 202 Å². The number of aromatic nitrogens is 2. The van der Waals surface area contributed by atoms with Crippen molar-refractivity contribution in [3.05, 3.63) is 70.0 Å². The van der Waals surface area contributed by atoms with Crippen LogP contribution in [0.2, 0.25) is 0 Å². The molecule has 2 aromatic heterocycles. The molecule has 5 heteroatoms. The summed E-state index contributed by atoms with van der Waals surface area (Å²) in [4.78, 5) is 12.0. The summed E-state index contributed by atoms with van der Waals surface area (Å²) in [5.74, 6) is 2.05. The largest absolute Gasteiger partial charge is 0.358 e. The molecule has 0 radical (unpaired) electrons. The van der Waals surface area contributed by atoms with Gasteiger partial charge in [-0.1, -0.05) is 23.3 Å². The summed E-state index contributed by atoms with van der Waals surface area (Å²) >= 11 is 2.04. The molecule has 4 aromatic rings. The smallest absolute Gasteiger partial charge is 0.0459 e. The molecule has 0 fully saturated rings. The minimum atomic E-state index is 1.03. The first-order chi connectivity index (χ1) is 15.8. The predicted molar refractivity (Wildman–Crippen MR) is 146 cm³/mol. The number of nitrogens with one attached hydrogen (secondary N) is 2. The number of H-pyrrole nitrogens is 2. The Kier molecular flexibility index (Phi) is 7.52. The van der Waals surface area contributed by atoms with Crippen molar-refractivity contribution in [2.45, 2.75) is 38.2 Å². The zero-order chi connectivity index (χ0) is 23.5. The topological polar surface area (TPSA) is 38.1 Å². The van der Waals surface area contributed by atoms with Gasteiger partial charge in [-0.25, -0.2) is 0 Å². The monoisotopic (exact) mass is 462 g/mol. The third kappa shape index (κ3) is 5.65. The van der Waals surface area contributed by atoms with Crippen LogP contribution in [0.25, 0.3) is 21.8 Å². The Morgan fingerprint density at radius 3 is 1.48 bits per heavy atom. The van der Waals surface area contributed by atoms with E-state index in [9.17, 15) is 0 Å². The summed E-state index contributed by atoms with van der Waals surface area (Å²) in [5.41, 5.74) is 10.9. The molecule has 0 aliphatic carbocycles. The predicted octanol–water partition coefficient (Wildman–Crippen LogP) is 5.91. The lowest BCUT2D eigenvalue weighted by Crippen LogP contribution is -2.16. The van der Waals surface area contributed by atoms with E-state index in [1.165, 1.54) is 55.4 Å². The number of aromatic amines is 2. The molecule has 0 aliphatic rings. The van der Waals surface area contributed by atoms with E-state index < -0.39 is 0 Å². The van der Waals surface area contributed by atoms with E-state index in [0.717, 1.165) is 37.4 Å². The van der Waals surface area contributed by atoms with Crippen molar-refractivity contribution in [2.24, 2.45) is 0 Å². The molecule has 0 atom stereocenters. The zero-order valence-corrected chi connectivity index (χ0v) is 21.8. The molecule has 0 amide bonds. The van der Waals surface area contributed by atoms with E-state index in [-0.39, 0.29) is 0 Å². The van der Waals surface area contributed by atoms with Crippen LogP contribution in [-0.4, -0.2) is 61.0 Å². The first-order valence-corrected chi connectivity index (χ1v) is 13.0.